The summed E-state index contributed by atoms with van der Waals surface area (Å²) in [6.45, 7) is 2.09. The van der Waals surface area contributed by atoms with Crippen molar-refractivity contribution in [2.75, 3.05) is 5.32 Å². The Morgan fingerprint density at radius 3 is 2.71 bits per heavy atom. The van der Waals surface area contributed by atoms with Crippen LogP contribution in [0.5, 0.6) is 5.75 Å². The van der Waals surface area contributed by atoms with Crippen molar-refractivity contribution in [2.24, 2.45) is 0 Å². The lowest BCUT2D eigenvalue weighted by Crippen LogP contribution is -2.14. The Kier molecular flexibility index (Phi) is 4.87. The Bertz CT molecular complexity index is 843. The molecule has 3 aromatic rings. The quantitative estimate of drug-likeness (QED) is 0.704. The van der Waals surface area contributed by atoms with Gasteiger partial charge in [-0.25, -0.2) is 0 Å². The van der Waals surface area contributed by atoms with Gasteiger partial charge < -0.3 is 14.5 Å². The Hall–Kier alpha value is -2.72. The van der Waals surface area contributed by atoms with E-state index in [2.05, 4.69) is 5.32 Å². The first-order valence-electron chi connectivity index (χ1n) is 7.46. The van der Waals surface area contributed by atoms with Crippen LogP contribution in [0.2, 0.25) is 5.02 Å². The van der Waals surface area contributed by atoms with Crippen molar-refractivity contribution in [1.82, 2.24) is 0 Å². The zero-order valence-electron chi connectivity index (χ0n) is 13.1. The summed E-state index contributed by atoms with van der Waals surface area (Å²) in [4.78, 5) is 12.5. The molecule has 4 nitrogen and oxygen atoms in total. The summed E-state index contributed by atoms with van der Waals surface area (Å²) in [5.74, 6) is 0.623. The summed E-state index contributed by atoms with van der Waals surface area (Å²) in [6, 6.07) is 16.5. The van der Waals surface area contributed by atoms with Crippen molar-refractivity contribution < 1.29 is 13.9 Å². The topological polar surface area (TPSA) is 51.5 Å². The van der Waals surface area contributed by atoms with E-state index in [9.17, 15) is 4.79 Å². The maximum absolute atomic E-state index is 12.5. The van der Waals surface area contributed by atoms with Crippen LogP contribution in [0, 0.1) is 6.92 Å². The number of nitrogens with one attached hydrogen (secondary N) is 1. The van der Waals surface area contributed by atoms with Crippen molar-refractivity contribution in [1.29, 1.82) is 0 Å². The molecule has 0 fully saturated rings. The number of carbonyl (C=O) groups is 1. The number of para-hydroxylation sites is 1. The Balaban J connectivity index is 1.72. The van der Waals surface area contributed by atoms with Crippen LogP contribution in [0.3, 0.4) is 0 Å². The molecule has 0 unspecified atom stereocenters. The minimum absolute atomic E-state index is 0.227. The molecule has 122 valence electrons. The van der Waals surface area contributed by atoms with Gasteiger partial charge in [0.1, 0.15) is 12.4 Å². The Labute approximate surface area is 145 Å². The van der Waals surface area contributed by atoms with E-state index in [0.717, 1.165) is 11.3 Å². The van der Waals surface area contributed by atoms with E-state index in [4.69, 9.17) is 20.8 Å². The fourth-order valence-corrected chi connectivity index (χ4v) is 2.42. The van der Waals surface area contributed by atoms with Crippen LogP contribution in [0.25, 0.3) is 0 Å². The number of halogens is 1. The van der Waals surface area contributed by atoms with Crippen LogP contribution < -0.4 is 10.1 Å². The van der Waals surface area contributed by atoms with Gasteiger partial charge >= 0.3 is 0 Å². The second-order valence-electron chi connectivity index (χ2n) is 5.24. The smallest absolute Gasteiger partial charge is 0.291 e. The standard InChI is InChI=1S/C19H16ClNO3/c1-13-16(20)8-5-9-17(13)21-19(22)18-14(10-11-23-18)12-24-15-6-3-2-4-7-15/h2-11H,12H2,1H3,(H,21,22). The molecule has 1 N–H and O–H groups in total. The van der Waals surface area contributed by atoms with Gasteiger partial charge in [0, 0.05) is 16.3 Å². The highest BCUT2D eigenvalue weighted by Gasteiger charge is 2.17. The van der Waals surface area contributed by atoms with E-state index in [0.29, 0.717) is 16.3 Å². The minimum Gasteiger partial charge on any atom is -0.489 e. The van der Waals surface area contributed by atoms with Crippen molar-refractivity contribution in [3.8, 4) is 5.75 Å². The first-order chi connectivity index (χ1) is 11.6. The summed E-state index contributed by atoms with van der Waals surface area (Å²) in [5, 5.41) is 3.42. The van der Waals surface area contributed by atoms with Crippen molar-refractivity contribution in [2.45, 2.75) is 13.5 Å². The first-order valence-corrected chi connectivity index (χ1v) is 7.83. The van der Waals surface area contributed by atoms with E-state index < -0.39 is 0 Å². The van der Waals surface area contributed by atoms with Crippen molar-refractivity contribution >= 4 is 23.2 Å². The molecule has 1 heterocycles. The summed E-state index contributed by atoms with van der Waals surface area (Å²) in [5.41, 5.74) is 2.14. The van der Waals surface area contributed by atoms with Gasteiger partial charge in [0.05, 0.1) is 6.26 Å². The Morgan fingerprint density at radius 1 is 1.12 bits per heavy atom. The van der Waals surface area contributed by atoms with Crippen LogP contribution in [0.1, 0.15) is 21.7 Å². The van der Waals surface area contributed by atoms with E-state index in [-0.39, 0.29) is 18.3 Å². The maximum Gasteiger partial charge on any atom is 0.291 e. The second-order valence-corrected chi connectivity index (χ2v) is 5.65. The molecular formula is C19H16ClNO3. The van der Waals surface area contributed by atoms with Crippen LogP contribution in [0.15, 0.2) is 65.3 Å². The molecule has 24 heavy (non-hydrogen) atoms. The number of hydrogen-bond donors (Lipinski definition) is 1. The minimum atomic E-state index is -0.336. The number of anilines is 1. The van der Waals surface area contributed by atoms with Crippen LogP contribution in [0.4, 0.5) is 5.69 Å². The SMILES string of the molecule is Cc1c(Cl)cccc1NC(=O)c1occc1COc1ccccc1. The molecular weight excluding hydrogens is 326 g/mol. The monoisotopic (exact) mass is 341 g/mol. The lowest BCUT2D eigenvalue weighted by molar-refractivity contribution is 0.0993. The molecule has 0 aliphatic heterocycles. The number of benzene rings is 2. The Morgan fingerprint density at radius 2 is 1.92 bits per heavy atom. The number of hydrogen-bond acceptors (Lipinski definition) is 3. The van der Waals surface area contributed by atoms with Gasteiger partial charge in [0.15, 0.2) is 5.76 Å². The number of furan rings is 1. The van der Waals surface area contributed by atoms with Gasteiger partial charge in [-0.2, -0.15) is 0 Å². The molecule has 0 saturated carbocycles. The number of rotatable bonds is 5. The van der Waals surface area contributed by atoms with Gasteiger partial charge in [-0.1, -0.05) is 35.9 Å². The zero-order chi connectivity index (χ0) is 16.9. The fourth-order valence-electron chi connectivity index (χ4n) is 2.25. The molecule has 2 aromatic carbocycles. The van der Waals surface area contributed by atoms with E-state index in [1.54, 1.807) is 24.3 Å². The summed E-state index contributed by atoms with van der Waals surface area (Å²) in [6.07, 6.45) is 1.48. The third-order valence-corrected chi connectivity index (χ3v) is 4.02. The molecule has 3 rings (SSSR count). The zero-order valence-corrected chi connectivity index (χ0v) is 13.8. The number of amides is 1. The summed E-state index contributed by atoms with van der Waals surface area (Å²) >= 11 is 6.08. The largest absolute Gasteiger partial charge is 0.489 e. The maximum atomic E-state index is 12.5. The van der Waals surface area contributed by atoms with Crippen molar-refractivity contribution in [3.63, 3.8) is 0 Å². The third kappa shape index (κ3) is 3.60. The van der Waals surface area contributed by atoms with Crippen LogP contribution in [-0.2, 0) is 6.61 Å². The average Bonchev–Trinajstić information content (AvgIpc) is 3.07. The lowest BCUT2D eigenvalue weighted by Gasteiger charge is -2.10. The second kappa shape index (κ2) is 7.23. The van der Waals surface area contributed by atoms with Gasteiger partial charge in [-0.3, -0.25) is 4.79 Å². The molecule has 5 heteroatoms. The van der Waals surface area contributed by atoms with Gasteiger partial charge in [0.2, 0.25) is 0 Å². The fraction of sp³-hybridized carbons (Fsp3) is 0.105. The predicted octanol–water partition coefficient (Wildman–Crippen LogP) is 5.07. The molecule has 0 atom stereocenters. The van der Waals surface area contributed by atoms with Crippen LogP contribution in [-0.4, -0.2) is 5.91 Å². The highest BCUT2D eigenvalue weighted by Crippen LogP contribution is 2.24. The molecule has 0 radical (unpaired) electrons. The van der Waals surface area contributed by atoms with Crippen LogP contribution >= 0.6 is 11.6 Å². The highest BCUT2D eigenvalue weighted by atomic mass is 35.5. The predicted molar refractivity (Wildman–Crippen MR) is 93.6 cm³/mol. The van der Waals surface area contributed by atoms with Gasteiger partial charge in [0.25, 0.3) is 5.91 Å². The molecule has 1 amide bonds. The molecule has 0 spiro atoms. The molecule has 0 saturated heterocycles. The van der Waals surface area contributed by atoms with E-state index >= 15 is 0 Å². The van der Waals surface area contributed by atoms with Crippen molar-refractivity contribution in [3.05, 3.63) is 82.8 Å². The molecule has 0 aliphatic carbocycles. The normalized spacial score (nSPS) is 10.4. The highest BCUT2D eigenvalue weighted by molar-refractivity contribution is 6.31. The summed E-state index contributed by atoms with van der Waals surface area (Å²) in [7, 11) is 0. The first kappa shape index (κ1) is 16.1. The van der Waals surface area contributed by atoms with Gasteiger partial charge in [-0.15, -0.1) is 0 Å². The lowest BCUT2D eigenvalue weighted by atomic mass is 10.2. The average molecular weight is 342 g/mol. The number of ether oxygens (including phenoxy) is 1. The molecule has 0 bridgehead atoms. The molecule has 0 aliphatic rings. The number of carbonyl (C=O) groups excluding carboxylic acids is 1. The van der Waals surface area contributed by atoms with Gasteiger partial charge in [-0.05, 0) is 42.8 Å². The summed E-state index contributed by atoms with van der Waals surface area (Å²) < 4.78 is 11.0. The molecule has 1 aromatic heterocycles. The van der Waals surface area contributed by atoms with E-state index in [1.165, 1.54) is 6.26 Å². The third-order valence-electron chi connectivity index (χ3n) is 3.61. The van der Waals surface area contributed by atoms with E-state index in [1.807, 2.05) is 37.3 Å².